The van der Waals surface area contributed by atoms with Crippen LogP contribution in [0.5, 0.6) is 0 Å². The summed E-state index contributed by atoms with van der Waals surface area (Å²) < 4.78 is 0. The van der Waals surface area contributed by atoms with Crippen LogP contribution in [0.1, 0.15) is 23.3 Å². The van der Waals surface area contributed by atoms with Gasteiger partial charge in [0.2, 0.25) is 5.91 Å². The van der Waals surface area contributed by atoms with E-state index in [9.17, 15) is 9.59 Å². The Kier molecular flexibility index (Phi) is 3.48. The van der Waals surface area contributed by atoms with Crippen LogP contribution in [0, 0.1) is 5.41 Å². The van der Waals surface area contributed by atoms with Crippen molar-refractivity contribution in [1.82, 2.24) is 19.9 Å². The summed E-state index contributed by atoms with van der Waals surface area (Å²) in [5, 5.41) is 0. The minimum atomic E-state index is -0.183. The van der Waals surface area contributed by atoms with E-state index in [4.69, 9.17) is 0 Å². The summed E-state index contributed by atoms with van der Waals surface area (Å²) in [6.07, 6.45) is 7.64. The molecule has 1 atom stereocenters. The predicted molar refractivity (Wildman–Crippen MR) is 86.2 cm³/mol. The molecule has 1 unspecified atom stereocenters. The number of likely N-dealkylation sites (tertiary alicyclic amines) is 1. The Hall–Kier alpha value is -2.83. The van der Waals surface area contributed by atoms with Crippen LogP contribution >= 0.6 is 0 Å². The minimum Gasteiger partial charge on any atom is -0.337 e. The molecule has 4 heterocycles. The molecular weight excluding hydrogens is 306 g/mol. The third kappa shape index (κ3) is 2.51. The average molecular weight is 323 g/mol. The van der Waals surface area contributed by atoms with Gasteiger partial charge in [-0.25, -0.2) is 9.97 Å². The van der Waals surface area contributed by atoms with E-state index in [0.717, 1.165) is 6.42 Å². The number of hydrogen-bond acceptors (Lipinski definition) is 5. The normalized spacial score (nSPS) is 23.2. The molecule has 2 aromatic heterocycles. The van der Waals surface area contributed by atoms with Gasteiger partial charge in [-0.1, -0.05) is 6.07 Å². The van der Waals surface area contributed by atoms with Crippen LogP contribution in [0.25, 0.3) is 0 Å². The van der Waals surface area contributed by atoms with Gasteiger partial charge in [-0.05, 0) is 18.6 Å². The standard InChI is InChI=1S/C17H17N5O2/c23-15-7-17(11-22(15)13-8-18-12-19-9-13)4-6-21(10-17)16(24)14-3-1-2-5-20-14/h1-3,5,8-9,12H,4,6-7,10-11H2. The van der Waals surface area contributed by atoms with Gasteiger partial charge in [-0.15, -0.1) is 0 Å². The lowest BCUT2D eigenvalue weighted by atomic mass is 9.86. The van der Waals surface area contributed by atoms with Crippen molar-refractivity contribution in [1.29, 1.82) is 0 Å². The zero-order chi connectivity index (χ0) is 16.6. The largest absolute Gasteiger partial charge is 0.337 e. The summed E-state index contributed by atoms with van der Waals surface area (Å²) in [7, 11) is 0. The van der Waals surface area contributed by atoms with Crippen LogP contribution in [0.15, 0.2) is 43.1 Å². The Morgan fingerprint density at radius 1 is 1.17 bits per heavy atom. The average Bonchev–Trinajstić information content (AvgIpc) is 3.19. The highest BCUT2D eigenvalue weighted by molar-refractivity contribution is 5.97. The molecular formula is C17H17N5O2. The van der Waals surface area contributed by atoms with Crippen LogP contribution in [0.3, 0.4) is 0 Å². The number of amides is 2. The van der Waals surface area contributed by atoms with Gasteiger partial charge < -0.3 is 9.80 Å². The van der Waals surface area contributed by atoms with Crippen molar-refractivity contribution in [2.45, 2.75) is 12.8 Å². The van der Waals surface area contributed by atoms with Gasteiger partial charge >= 0.3 is 0 Å². The highest BCUT2D eigenvalue weighted by Gasteiger charge is 2.49. The second-order valence-electron chi connectivity index (χ2n) is 6.45. The van der Waals surface area contributed by atoms with E-state index in [1.807, 2.05) is 6.07 Å². The molecule has 2 aliphatic heterocycles. The van der Waals surface area contributed by atoms with Crippen LogP contribution in [0.4, 0.5) is 5.69 Å². The van der Waals surface area contributed by atoms with Crippen molar-refractivity contribution in [3.8, 4) is 0 Å². The molecule has 0 aromatic carbocycles. The Morgan fingerprint density at radius 2 is 2.00 bits per heavy atom. The highest BCUT2D eigenvalue weighted by Crippen LogP contribution is 2.41. The summed E-state index contributed by atoms with van der Waals surface area (Å²) in [6, 6.07) is 5.32. The molecule has 0 saturated carbocycles. The van der Waals surface area contributed by atoms with Gasteiger partial charge in [-0.3, -0.25) is 14.6 Å². The first-order valence-electron chi connectivity index (χ1n) is 7.93. The lowest BCUT2D eigenvalue weighted by Gasteiger charge is -2.23. The minimum absolute atomic E-state index is 0.0666. The number of carbonyl (C=O) groups is 2. The smallest absolute Gasteiger partial charge is 0.272 e. The zero-order valence-corrected chi connectivity index (χ0v) is 13.1. The highest BCUT2D eigenvalue weighted by atomic mass is 16.2. The van der Waals surface area contributed by atoms with Crippen molar-refractivity contribution >= 4 is 17.5 Å². The third-order valence-electron chi connectivity index (χ3n) is 4.79. The molecule has 122 valence electrons. The molecule has 2 aliphatic rings. The maximum Gasteiger partial charge on any atom is 0.272 e. The van der Waals surface area contributed by atoms with Gasteiger partial charge in [-0.2, -0.15) is 0 Å². The number of aromatic nitrogens is 3. The first-order valence-corrected chi connectivity index (χ1v) is 7.93. The molecule has 2 aromatic rings. The summed E-state index contributed by atoms with van der Waals surface area (Å²) >= 11 is 0. The molecule has 0 N–H and O–H groups in total. The Balaban J connectivity index is 1.50. The molecule has 7 nitrogen and oxygen atoms in total. The fourth-order valence-corrected chi connectivity index (χ4v) is 3.59. The van der Waals surface area contributed by atoms with Gasteiger partial charge in [0.25, 0.3) is 5.91 Å². The van der Waals surface area contributed by atoms with E-state index >= 15 is 0 Å². The Bertz CT molecular complexity index is 767. The number of pyridine rings is 1. The lowest BCUT2D eigenvalue weighted by molar-refractivity contribution is -0.117. The first kappa shape index (κ1) is 14.7. The van der Waals surface area contributed by atoms with Gasteiger partial charge in [0.1, 0.15) is 12.0 Å². The van der Waals surface area contributed by atoms with Crippen molar-refractivity contribution in [3.05, 3.63) is 48.8 Å². The monoisotopic (exact) mass is 323 g/mol. The molecule has 1 spiro atoms. The number of anilines is 1. The number of nitrogens with zero attached hydrogens (tertiary/aromatic N) is 5. The topological polar surface area (TPSA) is 79.3 Å². The molecule has 2 amide bonds. The van der Waals surface area contributed by atoms with E-state index in [1.165, 1.54) is 6.33 Å². The van der Waals surface area contributed by atoms with E-state index in [0.29, 0.717) is 37.4 Å². The fourth-order valence-electron chi connectivity index (χ4n) is 3.59. The molecule has 24 heavy (non-hydrogen) atoms. The SMILES string of the molecule is O=C(c1ccccn1)N1CCC2(CC(=O)N(c3cncnc3)C2)C1. The van der Waals surface area contributed by atoms with Crippen LogP contribution in [-0.2, 0) is 4.79 Å². The zero-order valence-electron chi connectivity index (χ0n) is 13.1. The third-order valence-corrected chi connectivity index (χ3v) is 4.79. The second-order valence-corrected chi connectivity index (χ2v) is 6.45. The van der Waals surface area contributed by atoms with Gasteiger partial charge in [0, 0.05) is 37.7 Å². The van der Waals surface area contributed by atoms with Gasteiger partial charge in [0.15, 0.2) is 0 Å². The number of carbonyl (C=O) groups excluding carboxylic acids is 2. The maximum atomic E-state index is 12.6. The summed E-state index contributed by atoms with van der Waals surface area (Å²) in [5.41, 5.74) is 0.984. The quantitative estimate of drug-likeness (QED) is 0.828. The molecule has 0 aliphatic carbocycles. The van der Waals surface area contributed by atoms with Crippen LogP contribution < -0.4 is 4.90 Å². The molecule has 7 heteroatoms. The van der Waals surface area contributed by atoms with Crippen LogP contribution in [-0.4, -0.2) is 51.3 Å². The summed E-state index contributed by atoms with van der Waals surface area (Å²) in [5.74, 6) is -0.00152. The lowest BCUT2D eigenvalue weighted by Crippen LogP contribution is -2.34. The van der Waals surface area contributed by atoms with E-state index < -0.39 is 0 Å². The van der Waals surface area contributed by atoms with Gasteiger partial charge in [0.05, 0.1) is 18.1 Å². The Morgan fingerprint density at radius 3 is 2.75 bits per heavy atom. The molecule has 4 rings (SSSR count). The van der Waals surface area contributed by atoms with Crippen molar-refractivity contribution in [2.75, 3.05) is 24.5 Å². The van der Waals surface area contributed by atoms with Crippen molar-refractivity contribution in [2.24, 2.45) is 5.41 Å². The fraction of sp³-hybridized carbons (Fsp3) is 0.353. The predicted octanol–water partition coefficient (Wildman–Crippen LogP) is 1.14. The molecule has 2 saturated heterocycles. The maximum absolute atomic E-state index is 12.6. The van der Waals surface area contributed by atoms with Crippen molar-refractivity contribution < 1.29 is 9.59 Å². The van der Waals surface area contributed by atoms with Crippen molar-refractivity contribution in [3.63, 3.8) is 0 Å². The summed E-state index contributed by atoms with van der Waals surface area (Å²) in [4.78, 5) is 40.6. The number of rotatable bonds is 2. The molecule has 0 radical (unpaired) electrons. The van der Waals surface area contributed by atoms with E-state index in [-0.39, 0.29) is 17.2 Å². The first-order chi connectivity index (χ1) is 11.7. The van der Waals surface area contributed by atoms with E-state index in [1.54, 1.807) is 40.5 Å². The van der Waals surface area contributed by atoms with E-state index in [2.05, 4.69) is 15.0 Å². The molecule has 0 bridgehead atoms. The molecule has 2 fully saturated rings. The second kappa shape index (κ2) is 5.67. The Labute approximate surface area is 139 Å². The number of hydrogen-bond donors (Lipinski definition) is 0. The van der Waals surface area contributed by atoms with Crippen LogP contribution in [0.2, 0.25) is 0 Å². The summed E-state index contributed by atoms with van der Waals surface area (Å²) in [6.45, 7) is 1.84.